The van der Waals surface area contributed by atoms with Gasteiger partial charge in [-0.15, -0.1) is 0 Å². The van der Waals surface area contributed by atoms with E-state index in [2.05, 4.69) is 101 Å². The normalized spacial score (nSPS) is 17.8. The number of benzene rings is 4. The van der Waals surface area contributed by atoms with Gasteiger partial charge in [0.25, 0.3) is 0 Å². The second-order valence-corrected chi connectivity index (χ2v) is 8.83. The van der Waals surface area contributed by atoms with E-state index in [0.717, 1.165) is 27.0 Å². The zero-order valence-corrected chi connectivity index (χ0v) is 19.3. The van der Waals surface area contributed by atoms with Crippen LogP contribution in [0.2, 0.25) is 0 Å². The molecule has 4 aromatic rings. The van der Waals surface area contributed by atoms with Crippen molar-refractivity contribution in [2.45, 2.75) is 12.6 Å². The van der Waals surface area contributed by atoms with Gasteiger partial charge in [0.15, 0.2) is 11.5 Å². The summed E-state index contributed by atoms with van der Waals surface area (Å²) in [5.74, 6) is 1.52. The van der Waals surface area contributed by atoms with Crippen LogP contribution in [0.1, 0.15) is 23.6 Å². The molecule has 3 nitrogen and oxygen atoms in total. The highest BCUT2D eigenvalue weighted by molar-refractivity contribution is 9.10. The van der Waals surface area contributed by atoms with Crippen LogP contribution >= 0.6 is 15.9 Å². The quantitative estimate of drug-likeness (QED) is 0.343. The molecule has 1 aliphatic heterocycles. The largest absolute Gasteiger partial charge is 0.342 e. The summed E-state index contributed by atoms with van der Waals surface area (Å²) in [5.41, 5.74) is 4.83. The predicted octanol–water partition coefficient (Wildman–Crippen LogP) is 6.79. The zero-order chi connectivity index (χ0) is 22.0. The van der Waals surface area contributed by atoms with Crippen LogP contribution in [0.3, 0.4) is 0 Å². The maximum Gasteiger partial charge on any atom is 0.159 e. The first kappa shape index (κ1) is 20.4. The van der Waals surface area contributed by atoms with E-state index in [-0.39, 0.29) is 0 Å². The maximum absolute atomic E-state index is 5.06. The zero-order valence-electron chi connectivity index (χ0n) is 17.7. The second kappa shape index (κ2) is 8.56. The minimum absolute atomic E-state index is 0.626. The molecule has 5 rings (SSSR count). The number of nitrogens with one attached hydrogen (secondary N) is 1. The lowest BCUT2D eigenvalue weighted by Gasteiger charge is -2.33. The molecule has 1 heterocycles. The molecule has 0 spiro atoms. The molecule has 1 aliphatic rings. The van der Waals surface area contributed by atoms with E-state index < -0.39 is 5.66 Å². The van der Waals surface area contributed by atoms with Crippen LogP contribution in [0.4, 0.5) is 0 Å². The topological polar surface area (TPSA) is 36.8 Å². The minimum Gasteiger partial charge on any atom is -0.342 e. The van der Waals surface area contributed by atoms with Crippen LogP contribution in [0.5, 0.6) is 0 Å². The van der Waals surface area contributed by atoms with E-state index in [1.807, 2.05) is 36.4 Å². The molecule has 0 saturated carbocycles. The highest BCUT2D eigenvalue weighted by atomic mass is 79.9. The van der Waals surface area contributed by atoms with Crippen molar-refractivity contribution in [1.82, 2.24) is 5.32 Å². The van der Waals surface area contributed by atoms with Gasteiger partial charge in [-0.3, -0.25) is 0 Å². The Hall–Kier alpha value is -3.50. The summed E-state index contributed by atoms with van der Waals surface area (Å²) in [6.07, 6.45) is 0. The average molecular weight is 480 g/mol. The minimum atomic E-state index is -0.626. The van der Waals surface area contributed by atoms with Crippen molar-refractivity contribution >= 4 is 27.6 Å². The summed E-state index contributed by atoms with van der Waals surface area (Å²) >= 11 is 3.52. The van der Waals surface area contributed by atoms with Crippen molar-refractivity contribution in [1.29, 1.82) is 0 Å². The second-order valence-electron chi connectivity index (χ2n) is 7.91. The average Bonchev–Trinajstić information content (AvgIpc) is 2.85. The number of halogens is 1. The van der Waals surface area contributed by atoms with Gasteiger partial charge in [0.2, 0.25) is 0 Å². The summed E-state index contributed by atoms with van der Waals surface area (Å²) in [7, 11) is 0. The standard InChI is InChI=1S/C28H22BrN3/c1-28(24-10-6-3-7-11-24)31-26(30-27(32-28)23-16-18-25(29)19-17-23)22-14-12-21(13-15-22)20-8-4-2-5-9-20/h2-19H,1H3,(H,30,31,32). The van der Waals surface area contributed by atoms with Crippen LogP contribution in [-0.4, -0.2) is 11.7 Å². The lowest BCUT2D eigenvalue weighted by Crippen LogP contribution is -2.46. The number of hydrogen-bond acceptors (Lipinski definition) is 3. The lowest BCUT2D eigenvalue weighted by atomic mass is 9.99. The molecule has 0 aliphatic carbocycles. The van der Waals surface area contributed by atoms with Gasteiger partial charge in [-0.05, 0) is 35.7 Å². The van der Waals surface area contributed by atoms with E-state index in [9.17, 15) is 0 Å². The van der Waals surface area contributed by atoms with Crippen molar-refractivity contribution in [2.75, 3.05) is 0 Å². The Labute approximate surface area is 196 Å². The Morgan fingerprint density at radius 2 is 1.16 bits per heavy atom. The molecular weight excluding hydrogens is 458 g/mol. The van der Waals surface area contributed by atoms with Gasteiger partial charge in [-0.2, -0.15) is 0 Å². The molecule has 1 atom stereocenters. The van der Waals surface area contributed by atoms with Crippen molar-refractivity contribution < 1.29 is 0 Å². The fourth-order valence-electron chi connectivity index (χ4n) is 3.84. The van der Waals surface area contributed by atoms with Crippen molar-refractivity contribution in [3.63, 3.8) is 0 Å². The number of nitrogens with zero attached hydrogens (tertiary/aromatic N) is 2. The van der Waals surface area contributed by atoms with Crippen LogP contribution < -0.4 is 5.32 Å². The summed E-state index contributed by atoms with van der Waals surface area (Å²) in [5, 5.41) is 3.57. The molecule has 0 fully saturated rings. The molecule has 4 heteroatoms. The van der Waals surface area contributed by atoms with E-state index in [4.69, 9.17) is 9.98 Å². The Morgan fingerprint density at radius 3 is 1.81 bits per heavy atom. The third-order valence-corrected chi connectivity index (χ3v) is 6.14. The molecule has 4 aromatic carbocycles. The van der Waals surface area contributed by atoms with Gasteiger partial charge in [-0.1, -0.05) is 113 Å². The Bertz CT molecular complexity index is 1280. The van der Waals surface area contributed by atoms with Crippen LogP contribution in [-0.2, 0) is 5.66 Å². The maximum atomic E-state index is 5.06. The van der Waals surface area contributed by atoms with Crippen LogP contribution in [0.25, 0.3) is 11.1 Å². The molecule has 0 radical (unpaired) electrons. The summed E-state index contributed by atoms with van der Waals surface area (Å²) in [4.78, 5) is 9.97. The summed E-state index contributed by atoms with van der Waals surface area (Å²) in [6.45, 7) is 2.09. The number of aliphatic imine (C=N–C) groups is 2. The van der Waals surface area contributed by atoms with Gasteiger partial charge >= 0.3 is 0 Å². The van der Waals surface area contributed by atoms with E-state index in [1.165, 1.54) is 11.1 Å². The molecule has 1 unspecified atom stereocenters. The first-order valence-electron chi connectivity index (χ1n) is 10.5. The van der Waals surface area contributed by atoms with Crippen molar-refractivity contribution in [3.8, 4) is 11.1 Å². The number of hydrogen-bond donors (Lipinski definition) is 1. The molecule has 32 heavy (non-hydrogen) atoms. The molecule has 156 valence electrons. The van der Waals surface area contributed by atoms with Crippen LogP contribution in [0.15, 0.2) is 124 Å². The third-order valence-electron chi connectivity index (χ3n) is 5.61. The highest BCUT2D eigenvalue weighted by Crippen LogP contribution is 2.28. The van der Waals surface area contributed by atoms with Gasteiger partial charge in [0.05, 0.1) is 0 Å². The Morgan fingerprint density at radius 1 is 0.625 bits per heavy atom. The lowest BCUT2D eigenvalue weighted by molar-refractivity contribution is 0.455. The first-order valence-corrected chi connectivity index (χ1v) is 11.3. The third kappa shape index (κ3) is 4.14. The first-order chi connectivity index (χ1) is 15.6. The fourth-order valence-corrected chi connectivity index (χ4v) is 4.11. The monoisotopic (exact) mass is 479 g/mol. The fraction of sp³-hybridized carbons (Fsp3) is 0.0714. The van der Waals surface area contributed by atoms with Gasteiger partial charge in [0, 0.05) is 15.6 Å². The number of amidine groups is 2. The molecule has 0 aromatic heterocycles. The van der Waals surface area contributed by atoms with Crippen molar-refractivity contribution in [3.05, 3.63) is 130 Å². The van der Waals surface area contributed by atoms with E-state index in [0.29, 0.717) is 5.84 Å². The summed E-state index contributed by atoms with van der Waals surface area (Å²) in [6, 6.07) is 37.3. The number of rotatable bonds is 4. The Kier molecular flexibility index (Phi) is 5.46. The van der Waals surface area contributed by atoms with E-state index in [1.54, 1.807) is 0 Å². The van der Waals surface area contributed by atoms with Gasteiger partial charge < -0.3 is 5.32 Å². The predicted molar refractivity (Wildman–Crippen MR) is 136 cm³/mol. The smallest absolute Gasteiger partial charge is 0.159 e. The summed E-state index contributed by atoms with van der Waals surface area (Å²) < 4.78 is 1.04. The molecular formula is C28H22BrN3. The molecule has 0 saturated heterocycles. The highest BCUT2D eigenvalue weighted by Gasteiger charge is 2.31. The molecule has 0 bridgehead atoms. The van der Waals surface area contributed by atoms with Gasteiger partial charge in [-0.25, -0.2) is 9.98 Å². The van der Waals surface area contributed by atoms with Crippen molar-refractivity contribution in [2.24, 2.45) is 9.98 Å². The van der Waals surface area contributed by atoms with Gasteiger partial charge in [0.1, 0.15) is 5.84 Å². The Balaban J connectivity index is 1.58. The SMILES string of the molecule is CC1(c2ccccc2)N=C(c2ccc(-c3ccccc3)cc2)N=C(c2ccc(Br)cc2)N1. The molecule has 1 N–H and O–H groups in total. The van der Waals surface area contributed by atoms with E-state index >= 15 is 0 Å². The molecule has 0 amide bonds. The van der Waals surface area contributed by atoms with Crippen LogP contribution in [0, 0.1) is 0 Å².